The number of hydrogen-bond donors (Lipinski definition) is 0. The highest BCUT2D eigenvalue weighted by molar-refractivity contribution is 7.13. The van der Waals surface area contributed by atoms with Gasteiger partial charge in [-0.3, -0.25) is 9.59 Å². The summed E-state index contributed by atoms with van der Waals surface area (Å²) < 4.78 is 4.76. The lowest BCUT2D eigenvalue weighted by Crippen LogP contribution is -2.33. The molecule has 1 atom stereocenters. The first-order valence-corrected chi connectivity index (χ1v) is 12.7. The maximum atomic E-state index is 12.7. The number of carbonyl (C=O) groups is 3. The van der Waals surface area contributed by atoms with Gasteiger partial charge >= 0.3 is 5.97 Å². The molecule has 6 heteroatoms. The van der Waals surface area contributed by atoms with Crippen molar-refractivity contribution >= 4 is 29.0 Å². The Labute approximate surface area is 210 Å². The fourth-order valence-electron chi connectivity index (χ4n) is 4.36. The van der Waals surface area contributed by atoms with E-state index in [0.717, 1.165) is 40.8 Å². The van der Waals surface area contributed by atoms with Gasteiger partial charge in [-0.25, -0.2) is 4.79 Å². The normalized spacial score (nSPS) is 15.6. The van der Waals surface area contributed by atoms with Crippen LogP contribution in [0.1, 0.15) is 39.4 Å². The maximum Gasteiger partial charge on any atom is 0.348 e. The van der Waals surface area contributed by atoms with Gasteiger partial charge in [-0.1, -0.05) is 60.7 Å². The third-order valence-electron chi connectivity index (χ3n) is 6.16. The Bertz CT molecular complexity index is 1210. The molecule has 180 valence electrons. The molecule has 1 aliphatic heterocycles. The van der Waals surface area contributed by atoms with Gasteiger partial charge in [0.05, 0.1) is 13.2 Å². The van der Waals surface area contributed by atoms with Crippen LogP contribution in [0.15, 0.2) is 78.9 Å². The van der Waals surface area contributed by atoms with Crippen molar-refractivity contribution in [3.63, 3.8) is 0 Å². The Hall–Kier alpha value is -3.51. The van der Waals surface area contributed by atoms with E-state index < -0.39 is 0 Å². The predicted molar refractivity (Wildman–Crippen MR) is 138 cm³/mol. The second kappa shape index (κ2) is 11.8. The largest absolute Gasteiger partial charge is 0.465 e. The van der Waals surface area contributed by atoms with E-state index in [1.807, 2.05) is 53.4 Å². The smallest absolute Gasteiger partial charge is 0.348 e. The number of aryl methyl sites for hydroxylation is 1. The van der Waals surface area contributed by atoms with E-state index in [0.29, 0.717) is 24.3 Å². The number of thiophene rings is 1. The van der Waals surface area contributed by atoms with Crippen LogP contribution in [0.5, 0.6) is 0 Å². The van der Waals surface area contributed by atoms with Crippen LogP contribution in [-0.2, 0) is 27.2 Å². The molecule has 0 N–H and O–H groups in total. The van der Waals surface area contributed by atoms with Gasteiger partial charge in [0, 0.05) is 24.3 Å². The number of carbonyl (C=O) groups excluding carboxylic acids is 3. The third kappa shape index (κ3) is 6.55. The monoisotopic (exact) mass is 487 g/mol. The molecule has 1 aliphatic rings. The summed E-state index contributed by atoms with van der Waals surface area (Å²) in [6.45, 7) is 0.632. The summed E-state index contributed by atoms with van der Waals surface area (Å²) in [4.78, 5) is 40.3. The molecule has 1 aromatic heterocycles. The van der Waals surface area contributed by atoms with Crippen molar-refractivity contribution in [3.05, 3.63) is 94.2 Å². The summed E-state index contributed by atoms with van der Waals surface area (Å²) in [7, 11) is 1.38. The van der Waals surface area contributed by atoms with Crippen molar-refractivity contribution in [2.45, 2.75) is 38.1 Å². The number of benzene rings is 2. The van der Waals surface area contributed by atoms with Crippen LogP contribution in [-0.4, -0.2) is 42.3 Å². The number of hydrogen-bond acceptors (Lipinski definition) is 5. The molecule has 1 fully saturated rings. The topological polar surface area (TPSA) is 63.7 Å². The minimum absolute atomic E-state index is 0.0310. The molecule has 5 nitrogen and oxygen atoms in total. The molecule has 2 heterocycles. The summed E-state index contributed by atoms with van der Waals surface area (Å²) in [5, 5.41) is 0. The van der Waals surface area contributed by atoms with Crippen LogP contribution in [0.3, 0.4) is 0 Å². The second-order valence-corrected chi connectivity index (χ2v) is 9.79. The lowest BCUT2D eigenvalue weighted by atomic mass is 10.0. The molecule has 0 spiro atoms. The van der Waals surface area contributed by atoms with Gasteiger partial charge in [0.15, 0.2) is 5.78 Å². The lowest BCUT2D eigenvalue weighted by Gasteiger charge is -2.22. The van der Waals surface area contributed by atoms with E-state index in [4.69, 9.17) is 4.74 Å². The van der Waals surface area contributed by atoms with Gasteiger partial charge in [0.1, 0.15) is 4.88 Å². The lowest BCUT2D eigenvalue weighted by molar-refractivity contribution is -0.128. The molecule has 1 saturated heterocycles. The van der Waals surface area contributed by atoms with Crippen LogP contribution in [0.2, 0.25) is 0 Å². The Morgan fingerprint density at radius 1 is 1.06 bits per heavy atom. The van der Waals surface area contributed by atoms with Gasteiger partial charge in [0.2, 0.25) is 5.91 Å². The molecule has 0 aliphatic carbocycles. The van der Waals surface area contributed by atoms with Gasteiger partial charge in [0.25, 0.3) is 0 Å². The molecule has 0 saturated carbocycles. The van der Waals surface area contributed by atoms with E-state index in [-0.39, 0.29) is 23.7 Å². The van der Waals surface area contributed by atoms with Gasteiger partial charge in [-0.15, -0.1) is 11.3 Å². The van der Waals surface area contributed by atoms with Crippen LogP contribution in [0.4, 0.5) is 0 Å². The van der Waals surface area contributed by atoms with Crippen LogP contribution in [0, 0.1) is 0 Å². The fraction of sp³-hybridized carbons (Fsp3) is 0.276. The predicted octanol–water partition coefficient (Wildman–Crippen LogP) is 5.49. The van der Waals surface area contributed by atoms with Crippen molar-refractivity contribution in [2.24, 2.45) is 0 Å². The van der Waals surface area contributed by atoms with Gasteiger partial charge in [-0.2, -0.15) is 0 Å². The van der Waals surface area contributed by atoms with E-state index in [1.54, 1.807) is 12.1 Å². The number of nitrogens with zero attached hydrogens (tertiary/aromatic N) is 1. The van der Waals surface area contributed by atoms with Crippen molar-refractivity contribution in [1.82, 2.24) is 4.90 Å². The molecule has 35 heavy (non-hydrogen) atoms. The zero-order valence-electron chi connectivity index (χ0n) is 19.8. The van der Waals surface area contributed by atoms with Crippen molar-refractivity contribution in [3.8, 4) is 11.1 Å². The summed E-state index contributed by atoms with van der Waals surface area (Å²) in [5.74, 6) is -0.162. The number of likely N-dealkylation sites (tertiary alicyclic amines) is 1. The average molecular weight is 488 g/mol. The Kier molecular flexibility index (Phi) is 8.27. The Morgan fingerprint density at radius 3 is 2.66 bits per heavy atom. The molecule has 0 radical (unpaired) electrons. The average Bonchev–Trinajstić information content (AvgIpc) is 3.50. The third-order valence-corrected chi connectivity index (χ3v) is 7.29. The van der Waals surface area contributed by atoms with Gasteiger partial charge < -0.3 is 9.64 Å². The number of ketones is 1. The summed E-state index contributed by atoms with van der Waals surface area (Å²) in [6.07, 6.45) is 6.68. The number of allylic oxidation sites excluding steroid dienone is 1. The minimum atomic E-state index is -0.322. The molecule has 1 amide bonds. The van der Waals surface area contributed by atoms with Crippen molar-refractivity contribution in [2.75, 3.05) is 13.7 Å². The number of esters is 1. The quantitative estimate of drug-likeness (QED) is 0.280. The zero-order valence-corrected chi connectivity index (χ0v) is 20.6. The summed E-state index contributed by atoms with van der Waals surface area (Å²) in [6, 6.07) is 21.8. The van der Waals surface area contributed by atoms with E-state index in [9.17, 15) is 14.4 Å². The minimum Gasteiger partial charge on any atom is -0.465 e. The second-order valence-electron chi connectivity index (χ2n) is 8.62. The van der Waals surface area contributed by atoms with E-state index in [2.05, 4.69) is 18.2 Å². The number of ether oxygens (including phenoxy) is 1. The van der Waals surface area contributed by atoms with Gasteiger partial charge in [-0.05, 0) is 54.2 Å². The first kappa shape index (κ1) is 24.6. The SMILES string of the molecule is COC(=O)c1ccc(CCCN2C(=O)CC[C@@H]2C=CC(=O)Cc2cccc(-c3ccccc3)c2)s1. The molecule has 3 aromatic rings. The Morgan fingerprint density at radius 2 is 1.86 bits per heavy atom. The molecule has 0 bridgehead atoms. The van der Waals surface area contributed by atoms with Crippen LogP contribution < -0.4 is 0 Å². The first-order valence-electron chi connectivity index (χ1n) is 11.9. The summed E-state index contributed by atoms with van der Waals surface area (Å²) >= 11 is 1.43. The number of rotatable bonds is 10. The van der Waals surface area contributed by atoms with Crippen molar-refractivity contribution < 1.29 is 19.1 Å². The molecule has 4 rings (SSSR count). The molecule has 2 aromatic carbocycles. The van der Waals surface area contributed by atoms with Crippen LogP contribution >= 0.6 is 11.3 Å². The fourth-order valence-corrected chi connectivity index (χ4v) is 5.33. The maximum absolute atomic E-state index is 12.7. The van der Waals surface area contributed by atoms with Crippen LogP contribution in [0.25, 0.3) is 11.1 Å². The Balaban J connectivity index is 1.30. The standard InChI is InChI=1S/C29H29NO4S/c1-34-29(33)27-16-15-26(35-27)11-6-18-30-24(13-17-28(30)32)12-14-25(31)20-21-7-5-10-23(19-21)22-8-3-2-4-9-22/h2-5,7-10,12,14-16,19,24H,6,11,13,17-18,20H2,1H3/t24-/m0/s1. The summed E-state index contributed by atoms with van der Waals surface area (Å²) in [5.41, 5.74) is 3.20. The zero-order chi connectivity index (χ0) is 24.6. The van der Waals surface area contributed by atoms with E-state index in [1.165, 1.54) is 18.4 Å². The number of amides is 1. The molecule has 0 unspecified atom stereocenters. The number of methoxy groups -OCH3 is 1. The highest BCUT2D eigenvalue weighted by Crippen LogP contribution is 2.23. The highest BCUT2D eigenvalue weighted by atomic mass is 32.1. The first-order chi connectivity index (χ1) is 17.0. The van der Waals surface area contributed by atoms with Crippen molar-refractivity contribution in [1.29, 1.82) is 0 Å². The molecular formula is C29H29NO4S. The highest BCUT2D eigenvalue weighted by Gasteiger charge is 2.28. The molecular weight excluding hydrogens is 458 g/mol. The van der Waals surface area contributed by atoms with E-state index >= 15 is 0 Å².